The Labute approximate surface area is 125 Å². The summed E-state index contributed by atoms with van der Waals surface area (Å²) in [4.78, 5) is 2.45. The Balaban J connectivity index is 1.82. The second-order valence-electron chi connectivity index (χ2n) is 5.33. The first-order valence-corrected chi connectivity index (χ1v) is 7.50. The second kappa shape index (κ2) is 6.17. The Kier molecular flexibility index (Phi) is 4.29. The second-order valence-corrected chi connectivity index (χ2v) is 5.74. The molecule has 3 rings (SSSR count). The van der Waals surface area contributed by atoms with Crippen LogP contribution in [0.2, 0.25) is 5.02 Å². The lowest BCUT2D eigenvalue weighted by Crippen LogP contribution is -2.37. The maximum Gasteiger partial charge on any atom is 0.122 e. The summed E-state index contributed by atoms with van der Waals surface area (Å²) < 4.78 is 10.8. The molecule has 0 spiro atoms. The number of hydrogen-bond donors (Lipinski definition) is 0. The number of methoxy groups -OCH3 is 1. The van der Waals surface area contributed by atoms with Crippen molar-refractivity contribution in [2.24, 2.45) is 0 Å². The van der Waals surface area contributed by atoms with Crippen molar-refractivity contribution in [3.63, 3.8) is 0 Å². The minimum absolute atomic E-state index is 0.819. The minimum Gasteiger partial charge on any atom is -0.496 e. The van der Waals surface area contributed by atoms with Gasteiger partial charge in [-0.1, -0.05) is 23.3 Å². The zero-order chi connectivity index (χ0) is 13.9. The molecule has 0 bridgehead atoms. The van der Waals surface area contributed by atoms with Crippen LogP contribution in [-0.4, -0.2) is 44.9 Å². The van der Waals surface area contributed by atoms with Gasteiger partial charge in [-0.25, -0.2) is 0 Å². The fourth-order valence-corrected chi connectivity index (χ4v) is 3.19. The molecule has 0 amide bonds. The van der Waals surface area contributed by atoms with Crippen molar-refractivity contribution < 1.29 is 9.47 Å². The fraction of sp³-hybridized carbons (Fsp3) is 0.500. The number of ether oxygens (including phenoxy) is 2. The molecule has 20 heavy (non-hydrogen) atoms. The van der Waals surface area contributed by atoms with Crippen LogP contribution >= 0.6 is 11.6 Å². The van der Waals surface area contributed by atoms with Crippen molar-refractivity contribution in [1.82, 2.24) is 4.90 Å². The van der Waals surface area contributed by atoms with Crippen LogP contribution in [0.3, 0.4) is 0 Å². The first-order valence-electron chi connectivity index (χ1n) is 7.13. The predicted octanol–water partition coefficient (Wildman–Crippen LogP) is 3.01. The highest BCUT2D eigenvalue weighted by atomic mass is 35.5. The van der Waals surface area contributed by atoms with Gasteiger partial charge in [0, 0.05) is 30.2 Å². The smallest absolute Gasteiger partial charge is 0.122 e. The summed E-state index contributed by atoms with van der Waals surface area (Å²) >= 11 is 6.35. The topological polar surface area (TPSA) is 21.7 Å². The highest BCUT2D eigenvalue weighted by molar-refractivity contribution is 6.32. The van der Waals surface area contributed by atoms with Gasteiger partial charge in [0.05, 0.1) is 20.3 Å². The first kappa shape index (κ1) is 13.9. The molecule has 0 aromatic heterocycles. The summed E-state index contributed by atoms with van der Waals surface area (Å²) in [5.74, 6) is 0.950. The summed E-state index contributed by atoms with van der Waals surface area (Å²) in [7, 11) is 1.72. The van der Waals surface area contributed by atoms with E-state index in [1.54, 1.807) is 7.11 Å². The SMILES string of the molecule is COc1ccc(Cl)c2c1CCC(CN1CCOCC1)=C2. The third-order valence-corrected chi connectivity index (χ3v) is 4.39. The summed E-state index contributed by atoms with van der Waals surface area (Å²) in [5.41, 5.74) is 3.83. The molecule has 0 saturated carbocycles. The van der Waals surface area contributed by atoms with Gasteiger partial charge < -0.3 is 9.47 Å². The van der Waals surface area contributed by atoms with Crippen LogP contribution in [0, 0.1) is 0 Å². The Hall–Kier alpha value is -1.03. The third-order valence-electron chi connectivity index (χ3n) is 4.06. The monoisotopic (exact) mass is 293 g/mol. The Morgan fingerprint density at radius 2 is 2.05 bits per heavy atom. The maximum absolute atomic E-state index is 6.35. The molecule has 108 valence electrons. The van der Waals surface area contributed by atoms with Gasteiger partial charge in [-0.05, 0) is 30.5 Å². The largest absolute Gasteiger partial charge is 0.496 e. The van der Waals surface area contributed by atoms with Crippen LogP contribution < -0.4 is 4.74 Å². The molecule has 2 aliphatic rings. The number of nitrogens with zero attached hydrogens (tertiary/aromatic N) is 1. The van der Waals surface area contributed by atoms with Crippen molar-refractivity contribution in [2.45, 2.75) is 12.8 Å². The number of morpholine rings is 1. The van der Waals surface area contributed by atoms with Crippen LogP contribution in [0.4, 0.5) is 0 Å². The van der Waals surface area contributed by atoms with Crippen molar-refractivity contribution in [3.8, 4) is 5.75 Å². The average Bonchev–Trinajstić information content (AvgIpc) is 2.49. The number of benzene rings is 1. The molecule has 0 N–H and O–H groups in total. The standard InChI is InChI=1S/C16H20ClNO2/c1-19-16-5-4-15(17)14-10-12(2-3-13(14)16)11-18-6-8-20-9-7-18/h4-5,10H,2-3,6-9,11H2,1H3. The van der Waals surface area contributed by atoms with Crippen LogP contribution in [0.25, 0.3) is 6.08 Å². The molecule has 4 heteroatoms. The zero-order valence-electron chi connectivity index (χ0n) is 11.8. The molecule has 1 aromatic carbocycles. The molecular weight excluding hydrogens is 274 g/mol. The van der Waals surface area contributed by atoms with E-state index in [0.717, 1.165) is 62.0 Å². The summed E-state index contributed by atoms with van der Waals surface area (Å²) in [6.45, 7) is 4.76. The van der Waals surface area contributed by atoms with Gasteiger partial charge in [0.1, 0.15) is 5.75 Å². The van der Waals surface area contributed by atoms with Crippen molar-refractivity contribution in [1.29, 1.82) is 0 Å². The molecule has 1 aliphatic carbocycles. The number of rotatable bonds is 3. The molecule has 0 radical (unpaired) electrons. The maximum atomic E-state index is 6.35. The van der Waals surface area contributed by atoms with E-state index < -0.39 is 0 Å². The molecule has 0 unspecified atom stereocenters. The van der Waals surface area contributed by atoms with Gasteiger partial charge in [0.15, 0.2) is 0 Å². The normalized spacial score (nSPS) is 19.4. The fourth-order valence-electron chi connectivity index (χ4n) is 2.95. The quantitative estimate of drug-likeness (QED) is 0.855. The van der Waals surface area contributed by atoms with Crippen molar-refractivity contribution in [3.05, 3.63) is 33.9 Å². The summed E-state index contributed by atoms with van der Waals surface area (Å²) in [6.07, 6.45) is 4.34. The van der Waals surface area contributed by atoms with E-state index in [0.29, 0.717) is 0 Å². The first-order chi connectivity index (χ1) is 9.78. The molecule has 1 saturated heterocycles. The average molecular weight is 294 g/mol. The van der Waals surface area contributed by atoms with Crippen molar-refractivity contribution >= 4 is 17.7 Å². The van der Waals surface area contributed by atoms with Crippen molar-refractivity contribution in [2.75, 3.05) is 40.0 Å². The molecular formula is C16H20ClNO2. The van der Waals surface area contributed by atoms with E-state index in [1.807, 2.05) is 12.1 Å². The lowest BCUT2D eigenvalue weighted by atomic mass is 9.91. The number of hydrogen-bond acceptors (Lipinski definition) is 3. The highest BCUT2D eigenvalue weighted by Crippen LogP contribution is 2.35. The molecule has 3 nitrogen and oxygen atoms in total. The lowest BCUT2D eigenvalue weighted by molar-refractivity contribution is 0.0420. The van der Waals surface area contributed by atoms with Gasteiger partial charge in [0.25, 0.3) is 0 Å². The van der Waals surface area contributed by atoms with E-state index in [1.165, 1.54) is 11.1 Å². The van der Waals surface area contributed by atoms with E-state index in [2.05, 4.69) is 11.0 Å². The predicted molar refractivity (Wildman–Crippen MR) is 81.6 cm³/mol. The molecule has 1 aliphatic heterocycles. The zero-order valence-corrected chi connectivity index (χ0v) is 12.6. The van der Waals surface area contributed by atoms with Gasteiger partial charge in [-0.3, -0.25) is 4.90 Å². The van der Waals surface area contributed by atoms with Gasteiger partial charge in [-0.15, -0.1) is 0 Å². The van der Waals surface area contributed by atoms with Crippen LogP contribution in [0.1, 0.15) is 17.5 Å². The van der Waals surface area contributed by atoms with Gasteiger partial charge >= 0.3 is 0 Å². The number of halogens is 1. The van der Waals surface area contributed by atoms with Gasteiger partial charge in [0.2, 0.25) is 0 Å². The van der Waals surface area contributed by atoms with E-state index in [4.69, 9.17) is 21.1 Å². The Morgan fingerprint density at radius 1 is 1.25 bits per heavy atom. The van der Waals surface area contributed by atoms with E-state index >= 15 is 0 Å². The Morgan fingerprint density at radius 3 is 2.80 bits per heavy atom. The Bertz CT molecular complexity index is 521. The van der Waals surface area contributed by atoms with E-state index in [-0.39, 0.29) is 0 Å². The minimum atomic E-state index is 0.819. The molecule has 1 heterocycles. The molecule has 0 atom stereocenters. The summed E-state index contributed by atoms with van der Waals surface area (Å²) in [6, 6.07) is 3.88. The molecule has 1 aromatic rings. The van der Waals surface area contributed by atoms with E-state index in [9.17, 15) is 0 Å². The lowest BCUT2D eigenvalue weighted by Gasteiger charge is -2.29. The van der Waals surface area contributed by atoms with Crippen LogP contribution in [0.5, 0.6) is 5.75 Å². The third kappa shape index (κ3) is 2.85. The van der Waals surface area contributed by atoms with Crippen LogP contribution in [-0.2, 0) is 11.2 Å². The molecule has 1 fully saturated rings. The highest BCUT2D eigenvalue weighted by Gasteiger charge is 2.19. The van der Waals surface area contributed by atoms with Gasteiger partial charge in [-0.2, -0.15) is 0 Å². The number of fused-ring (bicyclic) bond motifs is 1. The summed E-state index contributed by atoms with van der Waals surface area (Å²) in [5, 5.41) is 0.819. The van der Waals surface area contributed by atoms with Crippen LogP contribution in [0.15, 0.2) is 17.7 Å².